The molecule has 0 unspecified atom stereocenters. The van der Waals surface area contributed by atoms with Crippen molar-refractivity contribution in [2.24, 2.45) is 5.92 Å². The third kappa shape index (κ3) is 14.0. The molecule has 6 atom stereocenters. The number of nitrogens with zero attached hydrogens (tertiary/aromatic N) is 4. The third-order valence-electron chi connectivity index (χ3n) is 14.6. The molecular formula is C62H69N7O18. The zero-order valence-corrected chi connectivity index (χ0v) is 49.3. The van der Waals surface area contributed by atoms with Gasteiger partial charge in [-0.15, -0.1) is 0 Å². The van der Waals surface area contributed by atoms with Gasteiger partial charge in [0.1, 0.15) is 45.1 Å². The SMILES string of the molecule is C=CCOC(=O)N[C@H](C(=O)N[C@@H](C)C(=O)Nc1ccc(COC(=O)N2c3cc(OCc4cc(COc5cc6c(cc5OC)C(=O)N5C=C(C)C[C@H]5[C@H](O)N6C(=O)OCC=C)cc(C(=O)OC)c4)c(OC)cc3C(=O)N3C=C(C)C[C@H]3[C@@H]2O)cc1)C(C)C. The van der Waals surface area contributed by atoms with Gasteiger partial charge >= 0.3 is 24.2 Å². The molecule has 4 aromatic carbocycles. The maximum atomic E-state index is 14.4. The van der Waals surface area contributed by atoms with E-state index < -0.39 is 84.5 Å². The first-order valence-electron chi connectivity index (χ1n) is 27.6. The van der Waals surface area contributed by atoms with Crippen LogP contribution in [0.25, 0.3) is 0 Å². The van der Waals surface area contributed by atoms with Crippen LogP contribution in [0.2, 0.25) is 0 Å². The number of hydrogen-bond acceptors (Lipinski definition) is 18. The minimum Gasteiger partial charge on any atom is -0.493 e. The Balaban J connectivity index is 1.01. The van der Waals surface area contributed by atoms with Crippen molar-refractivity contribution in [1.82, 2.24) is 20.4 Å². The summed E-state index contributed by atoms with van der Waals surface area (Å²) in [4.78, 5) is 113. The number of rotatable bonds is 21. The van der Waals surface area contributed by atoms with Crippen LogP contribution in [0.4, 0.5) is 31.4 Å². The molecule has 8 rings (SSSR count). The number of aliphatic hydroxyl groups excluding tert-OH is 2. The minimum absolute atomic E-state index is 0.0114. The molecule has 7 amide bonds. The molecule has 4 aliphatic heterocycles. The highest BCUT2D eigenvalue weighted by atomic mass is 16.6. The molecule has 87 heavy (non-hydrogen) atoms. The normalized spacial score (nSPS) is 18.1. The smallest absolute Gasteiger partial charge is 0.416 e. The predicted octanol–water partition coefficient (Wildman–Crippen LogP) is 7.20. The van der Waals surface area contributed by atoms with Gasteiger partial charge in [0.25, 0.3) is 11.8 Å². The van der Waals surface area contributed by atoms with Gasteiger partial charge in [-0.25, -0.2) is 29.0 Å². The molecule has 0 aliphatic carbocycles. The van der Waals surface area contributed by atoms with E-state index in [1.54, 1.807) is 63.5 Å². The Morgan fingerprint density at radius 2 is 1.11 bits per heavy atom. The Morgan fingerprint density at radius 1 is 0.621 bits per heavy atom. The number of carbonyl (C=O) groups is 8. The van der Waals surface area contributed by atoms with E-state index in [1.165, 1.54) is 86.6 Å². The van der Waals surface area contributed by atoms with Crippen molar-refractivity contribution in [2.45, 2.75) is 104 Å². The lowest BCUT2D eigenvalue weighted by Gasteiger charge is -2.31. The van der Waals surface area contributed by atoms with Crippen molar-refractivity contribution in [3.63, 3.8) is 0 Å². The van der Waals surface area contributed by atoms with Crippen molar-refractivity contribution >= 4 is 64.9 Å². The highest BCUT2D eigenvalue weighted by Crippen LogP contribution is 2.44. The lowest BCUT2D eigenvalue weighted by atomic mass is 10.0. The molecule has 0 radical (unpaired) electrons. The Hall–Kier alpha value is -9.88. The summed E-state index contributed by atoms with van der Waals surface area (Å²) >= 11 is 0. The summed E-state index contributed by atoms with van der Waals surface area (Å²) in [5, 5.41) is 31.6. The van der Waals surface area contributed by atoms with Gasteiger partial charge in [0.15, 0.2) is 35.5 Å². The zero-order chi connectivity index (χ0) is 63.0. The van der Waals surface area contributed by atoms with Crippen molar-refractivity contribution in [3.05, 3.63) is 149 Å². The van der Waals surface area contributed by atoms with Gasteiger partial charge in [-0.05, 0) is 98.7 Å². The molecule has 5 N–H and O–H groups in total. The average molecular weight is 1200 g/mol. The lowest BCUT2D eigenvalue weighted by Crippen LogP contribution is -2.53. The van der Waals surface area contributed by atoms with Gasteiger partial charge < -0.3 is 73.9 Å². The van der Waals surface area contributed by atoms with Crippen molar-refractivity contribution in [1.29, 1.82) is 0 Å². The van der Waals surface area contributed by atoms with Gasteiger partial charge in [-0.2, -0.15) is 0 Å². The molecule has 4 aliphatic rings. The van der Waals surface area contributed by atoms with Crippen LogP contribution in [0, 0.1) is 5.92 Å². The van der Waals surface area contributed by atoms with Crippen LogP contribution in [0.3, 0.4) is 0 Å². The number of carbonyl (C=O) groups excluding carboxylic acids is 8. The quantitative estimate of drug-likeness (QED) is 0.0313. The van der Waals surface area contributed by atoms with E-state index in [2.05, 4.69) is 29.1 Å². The second-order valence-corrected chi connectivity index (χ2v) is 21.2. The highest BCUT2D eigenvalue weighted by Gasteiger charge is 2.47. The second kappa shape index (κ2) is 27.4. The Labute approximate surface area is 501 Å². The minimum atomic E-state index is -1.63. The Kier molecular flexibility index (Phi) is 19.9. The molecular weight excluding hydrogens is 1130 g/mol. The fraction of sp³-hybridized carbons (Fsp3) is 0.355. The van der Waals surface area contributed by atoms with Crippen LogP contribution in [0.5, 0.6) is 23.0 Å². The molecule has 0 bridgehead atoms. The number of methoxy groups -OCH3 is 3. The topological polar surface area (TPSA) is 300 Å². The molecule has 0 saturated carbocycles. The summed E-state index contributed by atoms with van der Waals surface area (Å²) < 4.78 is 45.3. The average Bonchev–Trinajstić information content (AvgIpc) is 1.77. The van der Waals surface area contributed by atoms with E-state index in [0.29, 0.717) is 28.8 Å². The Morgan fingerprint density at radius 3 is 1.59 bits per heavy atom. The zero-order valence-electron chi connectivity index (χ0n) is 49.3. The fourth-order valence-electron chi connectivity index (χ4n) is 10.3. The number of ether oxygens (including phenoxy) is 8. The summed E-state index contributed by atoms with van der Waals surface area (Å²) in [7, 11) is 3.94. The summed E-state index contributed by atoms with van der Waals surface area (Å²) in [6, 6.07) is 12.8. The summed E-state index contributed by atoms with van der Waals surface area (Å²) in [6.45, 7) is 14.6. The number of esters is 1. The maximum absolute atomic E-state index is 14.4. The number of hydrogen-bond donors (Lipinski definition) is 5. The summed E-state index contributed by atoms with van der Waals surface area (Å²) in [5.41, 5.74) is 3.25. The lowest BCUT2D eigenvalue weighted by molar-refractivity contribution is -0.128. The molecule has 0 spiro atoms. The summed E-state index contributed by atoms with van der Waals surface area (Å²) in [6.07, 6.45) is 0.550. The van der Waals surface area contributed by atoms with Gasteiger partial charge in [-0.1, -0.05) is 62.4 Å². The molecule has 0 aromatic heterocycles. The monoisotopic (exact) mass is 1200 g/mol. The van der Waals surface area contributed by atoms with Gasteiger partial charge in [0.2, 0.25) is 11.8 Å². The number of anilines is 3. The molecule has 25 nitrogen and oxygen atoms in total. The summed E-state index contributed by atoms with van der Waals surface area (Å²) in [5.74, 6) is -2.99. The van der Waals surface area contributed by atoms with Crippen LogP contribution >= 0.6 is 0 Å². The van der Waals surface area contributed by atoms with Crippen molar-refractivity contribution in [2.75, 3.05) is 49.7 Å². The molecule has 460 valence electrons. The predicted molar refractivity (Wildman–Crippen MR) is 314 cm³/mol. The van der Waals surface area contributed by atoms with Crippen molar-refractivity contribution in [3.8, 4) is 23.0 Å². The first-order chi connectivity index (χ1) is 41.6. The molecule has 4 heterocycles. The number of nitrogens with one attached hydrogen (secondary N) is 3. The number of alkyl carbamates (subject to hydrolysis) is 1. The first-order valence-corrected chi connectivity index (χ1v) is 27.6. The van der Waals surface area contributed by atoms with Gasteiger partial charge in [0, 0.05) is 30.2 Å². The van der Waals surface area contributed by atoms with Crippen LogP contribution in [-0.4, -0.2) is 139 Å². The van der Waals surface area contributed by atoms with E-state index in [0.717, 1.165) is 20.9 Å². The molecule has 0 fully saturated rings. The largest absolute Gasteiger partial charge is 0.493 e. The first kappa shape index (κ1) is 63.1. The van der Waals surface area contributed by atoms with E-state index >= 15 is 0 Å². The van der Waals surface area contributed by atoms with Crippen LogP contribution < -0.4 is 44.7 Å². The molecule has 4 aromatic rings. The van der Waals surface area contributed by atoms with Crippen LogP contribution in [0.15, 0.2) is 116 Å². The van der Waals surface area contributed by atoms with E-state index in [4.69, 9.17) is 37.9 Å². The third-order valence-corrected chi connectivity index (χ3v) is 14.6. The van der Waals surface area contributed by atoms with Crippen molar-refractivity contribution < 1.29 is 86.5 Å². The maximum Gasteiger partial charge on any atom is 0.416 e. The number of amides is 7. The molecule has 0 saturated heterocycles. The fourth-order valence-corrected chi connectivity index (χ4v) is 10.3. The van der Waals surface area contributed by atoms with Crippen LogP contribution in [0.1, 0.15) is 95.2 Å². The van der Waals surface area contributed by atoms with Gasteiger partial charge in [0.05, 0.1) is 61.5 Å². The van der Waals surface area contributed by atoms with E-state index in [9.17, 15) is 48.6 Å². The second-order valence-electron chi connectivity index (χ2n) is 21.2. The number of benzene rings is 4. The number of aliphatic hydroxyl groups is 2. The standard InChI is InChI=1S/C62H69N7O18/c1-11-17-83-60(77)65-52(33(3)4)54(71)63-36(7)53(70)64-41-15-13-37(14-16-41)30-87-62(79)69-45-27-51(49(81-9)25-43(45)56(73)67-29-35(6)20-47(67)58(69)75)86-32-39-21-38(22-40(23-39)59(76)82-10)31-85-50-26-44-42(24-48(50)80-8)55(72)66-28-34(5)19-46(66)57(74)68(44)61(78)84-18-12-2/h11-16,21-29,33,36,46-47,52,57-58,74-75H,1-2,17-20,30-32H2,3-10H3,(H,63,71)(H,64,70)(H,65,77)/t36-,46-,47-,52-,57-,58-/m0/s1. The highest BCUT2D eigenvalue weighted by molar-refractivity contribution is 6.08. The van der Waals surface area contributed by atoms with E-state index in [1.807, 2.05) is 6.92 Å². The number of fused-ring (bicyclic) bond motifs is 4. The van der Waals surface area contributed by atoms with Gasteiger partial charge in [-0.3, -0.25) is 19.2 Å². The van der Waals surface area contributed by atoms with E-state index in [-0.39, 0.29) is 96.4 Å². The van der Waals surface area contributed by atoms with Crippen LogP contribution in [-0.2, 0) is 48.4 Å². The molecule has 25 heteroatoms. The Bertz CT molecular complexity index is 3440.